The van der Waals surface area contributed by atoms with E-state index < -0.39 is 30.2 Å². The second-order valence-electron chi connectivity index (χ2n) is 5.99. The highest BCUT2D eigenvalue weighted by molar-refractivity contribution is 5.93. The molecule has 0 spiro atoms. The first-order valence-electron chi connectivity index (χ1n) is 9.49. The molecular weight excluding hydrogens is 408 g/mol. The van der Waals surface area contributed by atoms with Crippen LogP contribution in [0.1, 0.15) is 41.5 Å². The zero-order chi connectivity index (χ0) is 22.8. The summed E-state index contributed by atoms with van der Waals surface area (Å²) in [6, 6.07) is 11.6. The minimum Gasteiger partial charge on any atom is -0.462 e. The molecule has 1 atom stereocenters. The van der Waals surface area contributed by atoms with Gasteiger partial charge >= 0.3 is 24.1 Å². The SMILES string of the molecule is CCOC(=O)c1ccc(OC(=O)C(C)OC(=O)Oc2ccccc2C(=O)OCC)cc1. The lowest BCUT2D eigenvalue weighted by atomic mass is 10.2. The van der Waals surface area contributed by atoms with Gasteiger partial charge in [-0.2, -0.15) is 0 Å². The van der Waals surface area contributed by atoms with Crippen LogP contribution < -0.4 is 9.47 Å². The molecule has 2 aromatic carbocycles. The molecule has 164 valence electrons. The maximum atomic E-state index is 12.2. The van der Waals surface area contributed by atoms with E-state index in [1.807, 2.05) is 0 Å². The topological polar surface area (TPSA) is 114 Å². The first-order chi connectivity index (χ1) is 14.8. The summed E-state index contributed by atoms with van der Waals surface area (Å²) in [6.07, 6.45) is -2.49. The van der Waals surface area contributed by atoms with Gasteiger partial charge in [0.05, 0.1) is 18.8 Å². The van der Waals surface area contributed by atoms with Gasteiger partial charge in [-0.1, -0.05) is 12.1 Å². The standard InChI is InChI=1S/C22H22O9/c1-4-27-20(24)15-10-12-16(13-11-15)30-19(23)14(3)29-22(26)31-18-9-7-6-8-17(18)21(25)28-5-2/h6-14H,4-5H2,1-3H3. The number of ether oxygens (including phenoxy) is 5. The van der Waals surface area contributed by atoms with Crippen LogP contribution in [0.3, 0.4) is 0 Å². The van der Waals surface area contributed by atoms with E-state index in [-0.39, 0.29) is 30.3 Å². The molecule has 9 nitrogen and oxygen atoms in total. The van der Waals surface area contributed by atoms with Gasteiger partial charge in [-0.3, -0.25) is 0 Å². The summed E-state index contributed by atoms with van der Waals surface area (Å²) in [6.45, 7) is 5.03. The van der Waals surface area contributed by atoms with E-state index >= 15 is 0 Å². The van der Waals surface area contributed by atoms with Crippen LogP contribution in [0.4, 0.5) is 4.79 Å². The molecule has 31 heavy (non-hydrogen) atoms. The van der Waals surface area contributed by atoms with E-state index in [9.17, 15) is 19.2 Å². The highest BCUT2D eigenvalue weighted by Crippen LogP contribution is 2.20. The molecule has 9 heteroatoms. The van der Waals surface area contributed by atoms with Gasteiger partial charge in [0.25, 0.3) is 0 Å². The maximum Gasteiger partial charge on any atom is 0.514 e. The summed E-state index contributed by atoms with van der Waals surface area (Å²) in [5, 5.41) is 0. The van der Waals surface area contributed by atoms with Crippen molar-refractivity contribution in [3.8, 4) is 11.5 Å². The predicted octanol–water partition coefficient (Wildman–Crippen LogP) is 3.55. The smallest absolute Gasteiger partial charge is 0.462 e. The summed E-state index contributed by atoms with van der Waals surface area (Å²) in [5.41, 5.74) is 0.341. The van der Waals surface area contributed by atoms with Crippen molar-refractivity contribution in [3.05, 3.63) is 59.7 Å². The zero-order valence-electron chi connectivity index (χ0n) is 17.3. The minimum absolute atomic E-state index is 0.0400. The van der Waals surface area contributed by atoms with E-state index in [0.29, 0.717) is 5.56 Å². The third-order valence-electron chi connectivity index (χ3n) is 3.76. The Kier molecular flexibility index (Phi) is 8.56. The van der Waals surface area contributed by atoms with Crippen LogP contribution in [-0.4, -0.2) is 43.4 Å². The van der Waals surface area contributed by atoms with Gasteiger partial charge in [0.15, 0.2) is 6.10 Å². The minimum atomic E-state index is -1.30. The highest BCUT2D eigenvalue weighted by Gasteiger charge is 2.23. The lowest BCUT2D eigenvalue weighted by Gasteiger charge is -2.13. The monoisotopic (exact) mass is 430 g/mol. The lowest BCUT2D eigenvalue weighted by Crippen LogP contribution is -2.29. The fourth-order valence-corrected chi connectivity index (χ4v) is 2.31. The van der Waals surface area contributed by atoms with Gasteiger partial charge in [0, 0.05) is 0 Å². The highest BCUT2D eigenvalue weighted by atomic mass is 16.7. The molecule has 0 aromatic heterocycles. The zero-order valence-corrected chi connectivity index (χ0v) is 17.3. The number of rotatable bonds is 8. The second-order valence-corrected chi connectivity index (χ2v) is 5.99. The van der Waals surface area contributed by atoms with Crippen LogP contribution in [0.15, 0.2) is 48.5 Å². The van der Waals surface area contributed by atoms with Crippen LogP contribution in [0, 0.1) is 0 Å². The molecule has 0 aliphatic carbocycles. The number of esters is 3. The molecule has 0 fully saturated rings. The Hall–Kier alpha value is -3.88. The van der Waals surface area contributed by atoms with E-state index in [1.54, 1.807) is 26.0 Å². The molecule has 2 rings (SSSR count). The van der Waals surface area contributed by atoms with E-state index in [2.05, 4.69) is 0 Å². The van der Waals surface area contributed by atoms with Crippen LogP contribution in [0.2, 0.25) is 0 Å². The fourth-order valence-electron chi connectivity index (χ4n) is 2.31. The van der Waals surface area contributed by atoms with Crippen molar-refractivity contribution in [3.63, 3.8) is 0 Å². The van der Waals surface area contributed by atoms with Gasteiger partial charge in [-0.25, -0.2) is 19.2 Å². The number of benzene rings is 2. The van der Waals surface area contributed by atoms with Crippen LogP contribution in [0.25, 0.3) is 0 Å². The third kappa shape index (κ3) is 6.84. The lowest BCUT2D eigenvalue weighted by molar-refractivity contribution is -0.143. The Morgan fingerprint density at radius 2 is 1.42 bits per heavy atom. The van der Waals surface area contributed by atoms with Gasteiger partial charge in [-0.15, -0.1) is 0 Å². The molecule has 0 aliphatic heterocycles. The summed E-state index contributed by atoms with van der Waals surface area (Å²) in [4.78, 5) is 47.8. The van der Waals surface area contributed by atoms with Crippen LogP contribution in [0.5, 0.6) is 11.5 Å². The molecule has 0 N–H and O–H groups in total. The van der Waals surface area contributed by atoms with E-state index in [0.717, 1.165) is 0 Å². The fraction of sp³-hybridized carbons (Fsp3) is 0.273. The molecule has 0 saturated carbocycles. The van der Waals surface area contributed by atoms with Crippen molar-refractivity contribution in [1.82, 2.24) is 0 Å². The van der Waals surface area contributed by atoms with E-state index in [1.165, 1.54) is 43.3 Å². The first kappa shape index (κ1) is 23.4. The average molecular weight is 430 g/mol. The van der Waals surface area contributed by atoms with Gasteiger partial charge in [0.2, 0.25) is 0 Å². The Labute approximate surface area is 178 Å². The van der Waals surface area contributed by atoms with Crippen molar-refractivity contribution in [2.75, 3.05) is 13.2 Å². The molecule has 0 aliphatic rings. The third-order valence-corrected chi connectivity index (χ3v) is 3.76. The first-order valence-corrected chi connectivity index (χ1v) is 9.49. The summed E-state index contributed by atoms with van der Waals surface area (Å²) >= 11 is 0. The number of para-hydroxylation sites is 1. The van der Waals surface area contributed by atoms with Gasteiger partial charge in [0.1, 0.15) is 17.1 Å². The molecule has 1 unspecified atom stereocenters. The summed E-state index contributed by atoms with van der Waals surface area (Å²) in [7, 11) is 0. The Morgan fingerprint density at radius 3 is 2.06 bits per heavy atom. The normalized spacial score (nSPS) is 11.1. The predicted molar refractivity (Wildman–Crippen MR) is 107 cm³/mol. The molecule has 0 saturated heterocycles. The maximum absolute atomic E-state index is 12.2. The molecule has 0 amide bonds. The largest absolute Gasteiger partial charge is 0.514 e. The van der Waals surface area contributed by atoms with Crippen molar-refractivity contribution < 1.29 is 42.9 Å². The van der Waals surface area contributed by atoms with Crippen LogP contribution in [-0.2, 0) is 19.0 Å². The molecule has 2 aromatic rings. The van der Waals surface area contributed by atoms with Crippen molar-refractivity contribution in [1.29, 1.82) is 0 Å². The van der Waals surface area contributed by atoms with Gasteiger partial charge < -0.3 is 23.7 Å². The number of carbonyl (C=O) groups excluding carboxylic acids is 4. The van der Waals surface area contributed by atoms with Crippen LogP contribution >= 0.6 is 0 Å². The second kappa shape index (κ2) is 11.3. The van der Waals surface area contributed by atoms with E-state index in [4.69, 9.17) is 23.7 Å². The number of hydrogen-bond acceptors (Lipinski definition) is 9. The van der Waals surface area contributed by atoms with Crippen molar-refractivity contribution >= 4 is 24.1 Å². The number of carbonyl (C=O) groups is 4. The molecule has 0 radical (unpaired) electrons. The number of hydrogen-bond donors (Lipinski definition) is 0. The average Bonchev–Trinajstić information content (AvgIpc) is 2.74. The Morgan fingerprint density at radius 1 is 0.806 bits per heavy atom. The summed E-state index contributed by atoms with van der Waals surface area (Å²) in [5.74, 6) is -1.94. The quantitative estimate of drug-likeness (QED) is 0.268. The molecule has 0 bridgehead atoms. The van der Waals surface area contributed by atoms with Crippen molar-refractivity contribution in [2.45, 2.75) is 26.9 Å². The van der Waals surface area contributed by atoms with Crippen molar-refractivity contribution in [2.24, 2.45) is 0 Å². The molecule has 0 heterocycles. The molecular formula is C22H22O9. The van der Waals surface area contributed by atoms with Gasteiger partial charge in [-0.05, 0) is 57.2 Å². The Bertz CT molecular complexity index is 934. The summed E-state index contributed by atoms with van der Waals surface area (Å²) < 4.78 is 24.8. The Balaban J connectivity index is 1.94.